The minimum Gasteiger partial charge on any atom is -0.546 e. The average molecular weight is 470 g/mol. The van der Waals surface area contributed by atoms with Crippen LogP contribution in [-0.2, 0) is 26.9 Å². The second-order valence-corrected chi connectivity index (χ2v) is 6.33. The Hall–Kier alpha value is -2.34. The molecule has 0 radical (unpaired) electrons. The van der Waals surface area contributed by atoms with Crippen LogP contribution in [0.15, 0.2) is 36.4 Å². The van der Waals surface area contributed by atoms with E-state index in [1.165, 1.54) is 0 Å². The topological polar surface area (TPSA) is 119 Å². The number of carbonyl (C=O) groups is 2. The van der Waals surface area contributed by atoms with Crippen molar-refractivity contribution in [2.24, 2.45) is 0 Å². The van der Waals surface area contributed by atoms with Gasteiger partial charge in [0.15, 0.2) is 0 Å². The maximum atomic E-state index is 12.7. The third kappa shape index (κ3) is 7.39. The smallest absolute Gasteiger partial charge is 0.546 e. The molecule has 1 atom stereocenters. The minimum absolute atomic E-state index is 0. The second-order valence-electron chi connectivity index (χ2n) is 5.92. The number of aliphatic carboxylic acids is 1. The van der Waals surface area contributed by atoms with Crippen molar-refractivity contribution in [3.05, 3.63) is 62.7 Å². The van der Waals surface area contributed by atoms with Crippen LogP contribution in [0.1, 0.15) is 18.1 Å². The largest absolute Gasteiger partial charge is 1.00 e. The van der Waals surface area contributed by atoms with Gasteiger partial charge in [-0.05, 0) is 37.3 Å². The molecule has 160 valence electrons. The number of esters is 1. The molecule has 31 heavy (non-hydrogen) atoms. The number of carboxylic acids is 1. The number of halogens is 4. The molecular weight excluding hydrogens is 458 g/mol. The van der Waals surface area contributed by atoms with Crippen LogP contribution in [-0.4, -0.2) is 23.0 Å². The molecule has 1 unspecified atom stereocenters. The molecule has 0 N–H and O–H groups in total. The van der Waals surface area contributed by atoms with E-state index in [1.54, 1.807) is 0 Å². The van der Waals surface area contributed by atoms with Gasteiger partial charge in [-0.15, -0.1) is 0 Å². The Morgan fingerprint density at radius 2 is 1.84 bits per heavy atom. The third-order valence-corrected chi connectivity index (χ3v) is 4.00. The molecule has 0 saturated carbocycles. The van der Waals surface area contributed by atoms with Crippen molar-refractivity contribution in [3.8, 4) is 11.5 Å². The van der Waals surface area contributed by atoms with Crippen LogP contribution < -0.4 is 39.4 Å². The molecule has 0 aliphatic rings. The molecule has 0 fully saturated rings. The zero-order valence-corrected chi connectivity index (χ0v) is 18.8. The molecule has 0 aliphatic carbocycles. The van der Waals surface area contributed by atoms with E-state index < -0.39 is 46.8 Å². The summed E-state index contributed by atoms with van der Waals surface area (Å²) in [6, 6.07) is 5.64. The number of hydrogen-bond donors (Lipinski definition) is 0. The predicted octanol–water partition coefficient (Wildman–Crippen LogP) is 0.287. The molecule has 2 aromatic rings. The number of hydrogen-bond acceptors (Lipinski definition) is 7. The van der Waals surface area contributed by atoms with E-state index in [0.717, 1.165) is 37.3 Å². The molecule has 0 spiro atoms. The minimum atomic E-state index is -4.61. The summed E-state index contributed by atoms with van der Waals surface area (Å²) >= 11 is 5.81. The number of rotatable bonds is 7. The summed E-state index contributed by atoms with van der Waals surface area (Å²) in [7, 11) is 0. The van der Waals surface area contributed by atoms with Gasteiger partial charge in [0.25, 0.3) is 5.69 Å². The number of nitro groups is 1. The van der Waals surface area contributed by atoms with Crippen molar-refractivity contribution in [2.45, 2.75) is 25.6 Å². The van der Waals surface area contributed by atoms with Crippen LogP contribution in [0.3, 0.4) is 0 Å². The fourth-order valence-electron chi connectivity index (χ4n) is 2.27. The Balaban J connectivity index is 0.00000480. The standard InChI is InChI=1S/C18H13ClF3NO7.Na/c1-9(17(25)26)29-16(24)7-10-6-12(3-4-14(10)23(27)28)30-15-5-2-11(8-13(15)19)18(20,21)22;/h2-6,8-9H,7H2,1H3,(H,25,26);/q;+1/p-1. The van der Waals surface area contributed by atoms with Gasteiger partial charge in [0.05, 0.1) is 27.9 Å². The van der Waals surface area contributed by atoms with Gasteiger partial charge in [-0.3, -0.25) is 14.9 Å². The Morgan fingerprint density at radius 3 is 2.35 bits per heavy atom. The average Bonchev–Trinajstić information content (AvgIpc) is 2.62. The Labute approximate surface area is 200 Å². The molecule has 2 rings (SSSR count). The van der Waals surface area contributed by atoms with Gasteiger partial charge >= 0.3 is 41.7 Å². The zero-order valence-electron chi connectivity index (χ0n) is 16.1. The molecule has 0 amide bonds. The molecule has 0 bridgehead atoms. The first-order chi connectivity index (χ1) is 13.9. The van der Waals surface area contributed by atoms with Gasteiger partial charge in [-0.25, -0.2) is 0 Å². The number of nitro benzene ring substituents is 1. The van der Waals surface area contributed by atoms with Crippen molar-refractivity contribution in [1.29, 1.82) is 0 Å². The van der Waals surface area contributed by atoms with Crippen molar-refractivity contribution < 1.29 is 71.8 Å². The molecule has 8 nitrogen and oxygen atoms in total. The molecular formula is C18H12ClF3NNaO7. The van der Waals surface area contributed by atoms with E-state index in [0.29, 0.717) is 6.07 Å². The summed E-state index contributed by atoms with van der Waals surface area (Å²) in [6.45, 7) is 1.05. The maximum Gasteiger partial charge on any atom is 1.00 e. The first-order valence-electron chi connectivity index (χ1n) is 8.10. The number of benzene rings is 2. The predicted molar refractivity (Wildman–Crippen MR) is 93.9 cm³/mol. The molecule has 0 aliphatic heterocycles. The summed E-state index contributed by atoms with van der Waals surface area (Å²) in [4.78, 5) is 32.9. The summed E-state index contributed by atoms with van der Waals surface area (Å²) < 4.78 is 48.1. The van der Waals surface area contributed by atoms with E-state index in [9.17, 15) is 38.0 Å². The van der Waals surface area contributed by atoms with Crippen LogP contribution in [0.25, 0.3) is 0 Å². The molecule has 2 aromatic carbocycles. The van der Waals surface area contributed by atoms with E-state index in [-0.39, 0.29) is 51.6 Å². The SMILES string of the molecule is CC(OC(=O)Cc1cc(Oc2ccc(C(F)(F)F)cc2Cl)ccc1[N+](=O)[O-])C(=O)[O-].[Na+]. The maximum absolute atomic E-state index is 12.7. The zero-order chi connectivity index (χ0) is 22.6. The van der Waals surface area contributed by atoms with Gasteiger partial charge < -0.3 is 19.4 Å². The first-order valence-corrected chi connectivity index (χ1v) is 8.48. The second kappa shape index (κ2) is 10.8. The number of alkyl halides is 3. The van der Waals surface area contributed by atoms with Crippen LogP contribution in [0.4, 0.5) is 18.9 Å². The fourth-order valence-corrected chi connectivity index (χ4v) is 2.49. The van der Waals surface area contributed by atoms with Crippen molar-refractivity contribution in [1.82, 2.24) is 0 Å². The normalized spacial score (nSPS) is 11.8. The summed E-state index contributed by atoms with van der Waals surface area (Å²) in [5.41, 5.74) is -1.64. The Bertz CT molecular complexity index is 1000. The van der Waals surface area contributed by atoms with Crippen molar-refractivity contribution >= 4 is 29.2 Å². The van der Waals surface area contributed by atoms with Crippen LogP contribution in [0.2, 0.25) is 5.02 Å². The molecule has 0 aromatic heterocycles. The van der Waals surface area contributed by atoms with Crippen LogP contribution >= 0.6 is 11.6 Å². The van der Waals surface area contributed by atoms with Gasteiger partial charge in [0, 0.05) is 11.6 Å². The van der Waals surface area contributed by atoms with Crippen LogP contribution in [0, 0.1) is 10.1 Å². The Kier molecular flexibility index (Phi) is 9.30. The summed E-state index contributed by atoms with van der Waals surface area (Å²) in [5.74, 6) is -2.93. The van der Waals surface area contributed by atoms with E-state index in [2.05, 4.69) is 4.74 Å². The van der Waals surface area contributed by atoms with E-state index in [1.807, 2.05) is 0 Å². The number of ether oxygens (including phenoxy) is 2. The number of nitrogens with zero attached hydrogens (tertiary/aromatic N) is 1. The van der Waals surface area contributed by atoms with Gasteiger partial charge in [0.1, 0.15) is 17.6 Å². The fraction of sp³-hybridized carbons (Fsp3) is 0.222. The van der Waals surface area contributed by atoms with Gasteiger partial charge in [-0.2, -0.15) is 13.2 Å². The third-order valence-electron chi connectivity index (χ3n) is 3.71. The van der Waals surface area contributed by atoms with Gasteiger partial charge in [-0.1, -0.05) is 11.6 Å². The van der Waals surface area contributed by atoms with Crippen molar-refractivity contribution in [3.63, 3.8) is 0 Å². The van der Waals surface area contributed by atoms with Crippen molar-refractivity contribution in [2.75, 3.05) is 0 Å². The van der Waals surface area contributed by atoms with E-state index in [4.69, 9.17) is 16.3 Å². The van der Waals surface area contributed by atoms with Crippen LogP contribution in [0.5, 0.6) is 11.5 Å². The Morgan fingerprint density at radius 1 is 1.19 bits per heavy atom. The van der Waals surface area contributed by atoms with Gasteiger partial charge in [0.2, 0.25) is 0 Å². The number of carbonyl (C=O) groups excluding carboxylic acids is 2. The summed E-state index contributed by atoms with van der Waals surface area (Å²) in [6.07, 6.45) is -6.83. The molecule has 0 saturated heterocycles. The summed E-state index contributed by atoms with van der Waals surface area (Å²) in [5, 5.41) is 21.5. The first kappa shape index (κ1) is 26.7. The number of carboxylic acid groups (broad SMARTS) is 1. The molecule has 0 heterocycles. The quantitative estimate of drug-likeness (QED) is 0.247. The monoisotopic (exact) mass is 469 g/mol. The molecule has 13 heteroatoms. The van der Waals surface area contributed by atoms with E-state index >= 15 is 0 Å².